The number of nitrogens with one attached hydrogen (secondary N) is 2. The molecule has 0 aliphatic carbocycles. The summed E-state index contributed by atoms with van der Waals surface area (Å²) in [4.78, 5) is 40.5. The van der Waals surface area contributed by atoms with E-state index in [2.05, 4.69) is 10.6 Å². The van der Waals surface area contributed by atoms with Gasteiger partial charge < -0.3 is 20.4 Å². The number of hydrogen-bond acceptors (Lipinski definition) is 6. The zero-order chi connectivity index (χ0) is 23.8. The number of rotatable bonds is 10. The number of halogens is 1. The summed E-state index contributed by atoms with van der Waals surface area (Å²) in [5.41, 5.74) is 0.857. The molecule has 2 fully saturated rings. The molecule has 9 nitrogen and oxygen atoms in total. The SMILES string of the molecule is CCCC[C@H](CN(O)C=O)C(=O)N1CCC[C@H]1C(=O)Nc1ccc(N2CCNCC2)c(F)c1. The van der Waals surface area contributed by atoms with Gasteiger partial charge in [-0.1, -0.05) is 19.8 Å². The van der Waals surface area contributed by atoms with Crippen molar-refractivity contribution in [2.75, 3.05) is 49.5 Å². The van der Waals surface area contributed by atoms with Gasteiger partial charge in [-0.2, -0.15) is 0 Å². The summed E-state index contributed by atoms with van der Waals surface area (Å²) in [6.07, 6.45) is 3.62. The van der Waals surface area contributed by atoms with Gasteiger partial charge >= 0.3 is 0 Å². The molecule has 2 saturated heterocycles. The summed E-state index contributed by atoms with van der Waals surface area (Å²) in [6, 6.07) is 4.00. The monoisotopic (exact) mass is 463 g/mol. The molecule has 0 spiro atoms. The maximum Gasteiger partial charge on any atom is 0.247 e. The molecule has 0 bridgehead atoms. The zero-order valence-electron chi connectivity index (χ0n) is 19.1. The lowest BCUT2D eigenvalue weighted by Gasteiger charge is -2.30. The minimum absolute atomic E-state index is 0.105. The number of carbonyl (C=O) groups is 3. The van der Waals surface area contributed by atoms with Crippen LogP contribution in [0.2, 0.25) is 0 Å². The average Bonchev–Trinajstić information content (AvgIpc) is 3.32. The third-order valence-corrected chi connectivity index (χ3v) is 6.30. The summed E-state index contributed by atoms with van der Waals surface area (Å²) in [5, 5.41) is 16.1. The predicted octanol–water partition coefficient (Wildman–Crippen LogP) is 1.82. The number of hydrogen-bond donors (Lipinski definition) is 3. The Hall–Kier alpha value is -2.72. The normalized spacial score (nSPS) is 19.3. The van der Waals surface area contributed by atoms with Crippen molar-refractivity contribution in [2.24, 2.45) is 5.92 Å². The molecule has 1 aromatic rings. The highest BCUT2D eigenvalue weighted by Crippen LogP contribution is 2.26. The van der Waals surface area contributed by atoms with Gasteiger partial charge in [0.05, 0.1) is 18.2 Å². The van der Waals surface area contributed by atoms with Gasteiger partial charge in [0.25, 0.3) is 0 Å². The maximum atomic E-state index is 14.7. The van der Waals surface area contributed by atoms with Gasteiger partial charge in [0.1, 0.15) is 11.9 Å². The van der Waals surface area contributed by atoms with Crippen molar-refractivity contribution in [3.8, 4) is 0 Å². The number of nitrogens with zero attached hydrogens (tertiary/aromatic N) is 3. The molecule has 182 valence electrons. The highest BCUT2D eigenvalue weighted by molar-refractivity contribution is 5.98. The number of piperazine rings is 1. The number of unbranched alkanes of at least 4 members (excludes halogenated alkanes) is 1. The summed E-state index contributed by atoms with van der Waals surface area (Å²) in [6.45, 7) is 5.35. The fourth-order valence-electron chi connectivity index (χ4n) is 4.52. The third kappa shape index (κ3) is 6.42. The molecule has 2 aliphatic rings. The van der Waals surface area contributed by atoms with Crippen LogP contribution in [0.25, 0.3) is 0 Å². The highest BCUT2D eigenvalue weighted by atomic mass is 19.1. The Labute approximate surface area is 193 Å². The van der Waals surface area contributed by atoms with Gasteiger partial charge in [-0.15, -0.1) is 0 Å². The van der Waals surface area contributed by atoms with E-state index in [1.807, 2.05) is 11.8 Å². The lowest BCUT2D eigenvalue weighted by Crippen LogP contribution is -2.47. The van der Waals surface area contributed by atoms with E-state index in [-0.39, 0.29) is 24.8 Å². The van der Waals surface area contributed by atoms with Crippen molar-refractivity contribution < 1.29 is 24.0 Å². The van der Waals surface area contributed by atoms with E-state index in [0.29, 0.717) is 42.2 Å². The number of anilines is 2. The van der Waals surface area contributed by atoms with Crippen LogP contribution in [0.1, 0.15) is 39.0 Å². The Morgan fingerprint density at radius 3 is 2.76 bits per heavy atom. The lowest BCUT2D eigenvalue weighted by molar-refractivity contribution is -0.157. The number of hydroxylamine groups is 2. The maximum absolute atomic E-state index is 14.7. The van der Waals surface area contributed by atoms with Crippen molar-refractivity contribution in [3.63, 3.8) is 0 Å². The van der Waals surface area contributed by atoms with E-state index in [4.69, 9.17) is 0 Å². The first-order valence-electron chi connectivity index (χ1n) is 11.7. The van der Waals surface area contributed by atoms with E-state index < -0.39 is 17.8 Å². The molecule has 33 heavy (non-hydrogen) atoms. The van der Waals surface area contributed by atoms with Gasteiger partial charge in [0.15, 0.2) is 0 Å². The van der Waals surface area contributed by atoms with Crippen LogP contribution in [-0.2, 0) is 14.4 Å². The summed E-state index contributed by atoms with van der Waals surface area (Å²) in [7, 11) is 0. The average molecular weight is 464 g/mol. The predicted molar refractivity (Wildman–Crippen MR) is 122 cm³/mol. The summed E-state index contributed by atoms with van der Waals surface area (Å²) < 4.78 is 14.7. The van der Waals surface area contributed by atoms with E-state index in [9.17, 15) is 24.0 Å². The third-order valence-electron chi connectivity index (χ3n) is 6.30. The molecule has 3 amide bonds. The largest absolute Gasteiger partial charge is 0.367 e. The lowest BCUT2D eigenvalue weighted by atomic mass is 9.99. The molecule has 0 radical (unpaired) electrons. The molecule has 0 aromatic heterocycles. The smallest absolute Gasteiger partial charge is 0.247 e. The number of likely N-dealkylation sites (tertiary alicyclic amines) is 1. The van der Waals surface area contributed by atoms with Crippen LogP contribution in [0.3, 0.4) is 0 Å². The van der Waals surface area contributed by atoms with E-state index >= 15 is 0 Å². The molecular weight excluding hydrogens is 429 g/mol. The Balaban J connectivity index is 1.66. The number of benzene rings is 1. The molecule has 2 atom stereocenters. The second-order valence-corrected chi connectivity index (χ2v) is 8.65. The van der Waals surface area contributed by atoms with E-state index in [0.717, 1.165) is 39.0 Å². The molecule has 10 heteroatoms. The quantitative estimate of drug-likeness (QED) is 0.278. The van der Waals surface area contributed by atoms with Crippen molar-refractivity contribution in [2.45, 2.75) is 45.1 Å². The molecule has 3 N–H and O–H groups in total. The Bertz CT molecular complexity index is 833. The fraction of sp³-hybridized carbons (Fsp3) is 0.609. The van der Waals surface area contributed by atoms with Crippen molar-refractivity contribution in [3.05, 3.63) is 24.0 Å². The minimum atomic E-state index is -0.666. The van der Waals surface area contributed by atoms with Crippen molar-refractivity contribution in [1.29, 1.82) is 0 Å². The second-order valence-electron chi connectivity index (χ2n) is 8.65. The van der Waals surface area contributed by atoms with Crippen molar-refractivity contribution >= 4 is 29.6 Å². The first kappa shape index (κ1) is 24.9. The highest BCUT2D eigenvalue weighted by Gasteiger charge is 2.37. The topological polar surface area (TPSA) is 105 Å². The van der Waals surface area contributed by atoms with Gasteiger partial charge in [0, 0.05) is 38.4 Å². The zero-order valence-corrected chi connectivity index (χ0v) is 19.1. The standard InChI is InChI=1S/C23H34FN5O4/c1-2-3-5-17(15-28(33)16-30)23(32)29-11-4-6-21(29)22(31)26-18-7-8-20(19(24)14-18)27-12-9-25-10-13-27/h7-8,14,16-17,21,25,33H,2-6,9-13,15H2,1H3,(H,26,31)/t17-,21+/m1/s1. The van der Waals surface area contributed by atoms with Gasteiger partial charge in [-0.05, 0) is 37.5 Å². The number of carbonyl (C=O) groups excluding carboxylic acids is 3. The van der Waals surface area contributed by atoms with Crippen LogP contribution in [-0.4, -0.2) is 78.7 Å². The first-order chi connectivity index (χ1) is 15.9. The van der Waals surface area contributed by atoms with Crippen LogP contribution in [0.5, 0.6) is 0 Å². The minimum Gasteiger partial charge on any atom is -0.367 e. The Morgan fingerprint density at radius 2 is 2.09 bits per heavy atom. The van der Waals surface area contributed by atoms with Crippen LogP contribution < -0.4 is 15.5 Å². The van der Waals surface area contributed by atoms with Gasteiger partial charge in [0.2, 0.25) is 18.2 Å². The molecule has 0 unspecified atom stereocenters. The van der Waals surface area contributed by atoms with Crippen LogP contribution in [0.15, 0.2) is 18.2 Å². The Kier molecular flexibility index (Phi) is 9.02. The molecule has 2 aliphatic heterocycles. The van der Waals surface area contributed by atoms with Gasteiger partial charge in [-0.25, -0.2) is 9.45 Å². The summed E-state index contributed by atoms with van der Waals surface area (Å²) >= 11 is 0. The molecule has 3 rings (SSSR count). The number of amides is 3. The second kappa shape index (κ2) is 11.9. The van der Waals surface area contributed by atoms with E-state index in [1.54, 1.807) is 12.1 Å². The molecular formula is C23H34FN5O4. The molecule has 0 saturated carbocycles. The summed E-state index contributed by atoms with van der Waals surface area (Å²) in [5.74, 6) is -1.59. The van der Waals surface area contributed by atoms with Crippen LogP contribution in [0, 0.1) is 11.7 Å². The van der Waals surface area contributed by atoms with E-state index in [1.165, 1.54) is 11.0 Å². The van der Waals surface area contributed by atoms with Crippen LogP contribution in [0.4, 0.5) is 15.8 Å². The van der Waals surface area contributed by atoms with Gasteiger partial charge in [-0.3, -0.25) is 19.6 Å². The fourth-order valence-corrected chi connectivity index (χ4v) is 4.52. The molecule has 2 heterocycles. The van der Waals surface area contributed by atoms with Crippen molar-refractivity contribution in [1.82, 2.24) is 15.3 Å². The molecule has 1 aromatic carbocycles. The first-order valence-corrected chi connectivity index (χ1v) is 11.7. The Morgan fingerprint density at radius 1 is 1.33 bits per heavy atom. The van der Waals surface area contributed by atoms with Crippen LogP contribution >= 0.6 is 0 Å².